The quantitative estimate of drug-likeness (QED) is 0.614. The molecule has 0 spiro atoms. The van der Waals surface area contributed by atoms with Crippen LogP contribution in [-0.2, 0) is 6.42 Å². The van der Waals surface area contributed by atoms with E-state index < -0.39 is 0 Å². The Hall–Kier alpha value is -3.61. The van der Waals surface area contributed by atoms with Crippen molar-refractivity contribution in [3.8, 4) is 11.5 Å². The van der Waals surface area contributed by atoms with Crippen LogP contribution < -0.4 is 20.1 Å². The molecule has 3 aromatic rings. The molecule has 0 aliphatic carbocycles. The largest absolute Gasteiger partial charge is 0.454 e. The van der Waals surface area contributed by atoms with Crippen LogP contribution in [0.25, 0.3) is 0 Å². The summed E-state index contributed by atoms with van der Waals surface area (Å²) < 4.78 is 10.5. The third-order valence-corrected chi connectivity index (χ3v) is 4.33. The molecule has 0 fully saturated rings. The number of fused-ring (bicyclic) bond motifs is 1. The lowest BCUT2D eigenvalue weighted by molar-refractivity contribution is 0.102. The number of hydrogen-bond donors (Lipinski definition) is 2. The van der Waals surface area contributed by atoms with E-state index in [1.165, 1.54) is 5.56 Å². The van der Waals surface area contributed by atoms with Crippen molar-refractivity contribution in [2.75, 3.05) is 24.0 Å². The van der Waals surface area contributed by atoms with E-state index in [1.807, 2.05) is 18.2 Å². The van der Waals surface area contributed by atoms with Gasteiger partial charge in [-0.3, -0.25) is 4.79 Å². The molecule has 4 rings (SSSR count). The summed E-state index contributed by atoms with van der Waals surface area (Å²) in [5, 5.41) is 14.1. The second kappa shape index (κ2) is 8.39. The zero-order valence-corrected chi connectivity index (χ0v) is 15.2. The number of nitrogens with one attached hydrogen (secondary N) is 2. The van der Waals surface area contributed by atoms with Crippen molar-refractivity contribution in [2.24, 2.45) is 0 Å². The molecule has 1 amide bonds. The smallest absolute Gasteiger partial charge is 0.257 e. The highest BCUT2D eigenvalue weighted by Crippen LogP contribution is 2.32. The van der Waals surface area contributed by atoms with E-state index in [2.05, 4.69) is 33.0 Å². The molecule has 0 radical (unpaired) electrons. The number of anilines is 2. The van der Waals surface area contributed by atoms with Crippen molar-refractivity contribution < 1.29 is 14.3 Å². The van der Waals surface area contributed by atoms with Crippen LogP contribution in [0, 0.1) is 0 Å². The number of aryl methyl sites for hydroxylation is 1. The summed E-state index contributed by atoms with van der Waals surface area (Å²) in [6.07, 6.45) is 2.00. The monoisotopic (exact) mass is 376 g/mol. The molecule has 0 saturated carbocycles. The number of amides is 1. The first-order chi connectivity index (χ1) is 13.8. The van der Waals surface area contributed by atoms with Gasteiger partial charge in [0, 0.05) is 12.1 Å². The third kappa shape index (κ3) is 4.37. The van der Waals surface area contributed by atoms with E-state index >= 15 is 0 Å². The highest BCUT2D eigenvalue weighted by atomic mass is 16.7. The van der Waals surface area contributed by atoms with E-state index in [0.29, 0.717) is 28.7 Å². The molecule has 142 valence electrons. The fourth-order valence-corrected chi connectivity index (χ4v) is 2.87. The van der Waals surface area contributed by atoms with Gasteiger partial charge in [-0.2, -0.15) is 0 Å². The van der Waals surface area contributed by atoms with Crippen LogP contribution >= 0.6 is 0 Å². The highest BCUT2D eigenvalue weighted by molar-refractivity contribution is 6.04. The van der Waals surface area contributed by atoms with Gasteiger partial charge in [-0.05, 0) is 48.7 Å². The maximum absolute atomic E-state index is 12.4. The summed E-state index contributed by atoms with van der Waals surface area (Å²) >= 11 is 0. The minimum absolute atomic E-state index is 0.172. The molecule has 0 bridgehead atoms. The molecular formula is C21H20N4O3. The van der Waals surface area contributed by atoms with Crippen molar-refractivity contribution in [3.63, 3.8) is 0 Å². The summed E-state index contributed by atoms with van der Waals surface area (Å²) in [5.74, 6) is 1.98. The Morgan fingerprint density at radius 3 is 2.54 bits per heavy atom. The van der Waals surface area contributed by atoms with Gasteiger partial charge in [-0.1, -0.05) is 30.3 Å². The van der Waals surface area contributed by atoms with Gasteiger partial charge in [0.15, 0.2) is 17.3 Å². The lowest BCUT2D eigenvalue weighted by Crippen LogP contribution is -2.14. The second-order valence-corrected chi connectivity index (χ2v) is 6.34. The molecule has 1 aliphatic heterocycles. The number of ether oxygens (including phenoxy) is 2. The molecule has 7 nitrogen and oxygen atoms in total. The Bertz CT molecular complexity index is 946. The van der Waals surface area contributed by atoms with Gasteiger partial charge < -0.3 is 20.1 Å². The van der Waals surface area contributed by atoms with Gasteiger partial charge in [0.05, 0.1) is 0 Å². The van der Waals surface area contributed by atoms with E-state index in [1.54, 1.807) is 30.3 Å². The standard InChI is InChI=1S/C21H20N4O3/c26-21(16-8-9-17-18(13-16)28-14-27-17)23-20-11-10-19(24-25-20)22-12-4-7-15-5-2-1-3-6-15/h1-3,5-6,8-11,13H,4,7,12,14H2,(H,22,24)(H,23,25,26). The number of rotatable bonds is 7. The van der Waals surface area contributed by atoms with Crippen LogP contribution in [-0.4, -0.2) is 29.4 Å². The van der Waals surface area contributed by atoms with Crippen molar-refractivity contribution >= 4 is 17.5 Å². The number of hydrogen-bond acceptors (Lipinski definition) is 6. The average Bonchev–Trinajstić information content (AvgIpc) is 3.21. The lowest BCUT2D eigenvalue weighted by atomic mass is 10.1. The molecule has 28 heavy (non-hydrogen) atoms. The van der Waals surface area contributed by atoms with Crippen LogP contribution in [0.2, 0.25) is 0 Å². The average molecular weight is 376 g/mol. The molecule has 0 unspecified atom stereocenters. The van der Waals surface area contributed by atoms with Gasteiger partial charge in [0.2, 0.25) is 6.79 Å². The SMILES string of the molecule is O=C(Nc1ccc(NCCCc2ccccc2)nn1)c1ccc2c(c1)OCO2. The van der Waals surface area contributed by atoms with Crippen LogP contribution in [0.15, 0.2) is 60.7 Å². The van der Waals surface area contributed by atoms with E-state index in [4.69, 9.17) is 9.47 Å². The molecule has 7 heteroatoms. The second-order valence-electron chi connectivity index (χ2n) is 6.34. The van der Waals surface area contributed by atoms with Crippen LogP contribution in [0.5, 0.6) is 11.5 Å². The van der Waals surface area contributed by atoms with Crippen molar-refractivity contribution in [1.29, 1.82) is 0 Å². The fraction of sp³-hybridized carbons (Fsp3) is 0.190. The topological polar surface area (TPSA) is 85.4 Å². The molecule has 0 saturated heterocycles. The van der Waals surface area contributed by atoms with E-state index in [-0.39, 0.29) is 12.7 Å². The molecule has 0 atom stereocenters. The fourth-order valence-electron chi connectivity index (χ4n) is 2.87. The van der Waals surface area contributed by atoms with Gasteiger partial charge >= 0.3 is 0 Å². The van der Waals surface area contributed by atoms with E-state index in [9.17, 15) is 4.79 Å². The maximum Gasteiger partial charge on any atom is 0.257 e. The number of carbonyl (C=O) groups excluding carboxylic acids is 1. The van der Waals surface area contributed by atoms with Crippen molar-refractivity contribution in [2.45, 2.75) is 12.8 Å². The first kappa shape index (κ1) is 17.8. The molecule has 2 N–H and O–H groups in total. The molecule has 2 heterocycles. The minimum atomic E-state index is -0.281. The Kier molecular flexibility index (Phi) is 5.33. The summed E-state index contributed by atoms with van der Waals surface area (Å²) in [6, 6.07) is 18.9. The van der Waals surface area contributed by atoms with Gasteiger partial charge in [0.1, 0.15) is 5.82 Å². The molecule has 2 aromatic carbocycles. The number of carbonyl (C=O) groups is 1. The molecule has 1 aromatic heterocycles. The van der Waals surface area contributed by atoms with E-state index in [0.717, 1.165) is 19.4 Å². The normalized spacial score (nSPS) is 11.9. The Morgan fingerprint density at radius 1 is 0.929 bits per heavy atom. The first-order valence-electron chi connectivity index (χ1n) is 9.10. The number of nitrogens with zero attached hydrogens (tertiary/aromatic N) is 2. The predicted octanol–water partition coefficient (Wildman–Crippen LogP) is 3.50. The van der Waals surface area contributed by atoms with Crippen LogP contribution in [0.1, 0.15) is 22.3 Å². The first-order valence-corrected chi connectivity index (χ1v) is 9.10. The predicted molar refractivity (Wildman–Crippen MR) is 106 cm³/mol. The zero-order valence-electron chi connectivity index (χ0n) is 15.2. The van der Waals surface area contributed by atoms with Gasteiger partial charge in [0.25, 0.3) is 5.91 Å². The summed E-state index contributed by atoms with van der Waals surface area (Å²) in [7, 11) is 0. The third-order valence-electron chi connectivity index (χ3n) is 4.33. The van der Waals surface area contributed by atoms with Crippen LogP contribution in [0.4, 0.5) is 11.6 Å². The molecule has 1 aliphatic rings. The Balaban J connectivity index is 1.26. The number of benzene rings is 2. The summed E-state index contributed by atoms with van der Waals surface area (Å²) in [5.41, 5.74) is 1.78. The number of aromatic nitrogens is 2. The zero-order chi connectivity index (χ0) is 19.2. The van der Waals surface area contributed by atoms with Crippen molar-refractivity contribution in [3.05, 3.63) is 71.8 Å². The van der Waals surface area contributed by atoms with Gasteiger partial charge in [-0.15, -0.1) is 10.2 Å². The lowest BCUT2D eigenvalue weighted by Gasteiger charge is -2.07. The van der Waals surface area contributed by atoms with Crippen LogP contribution in [0.3, 0.4) is 0 Å². The van der Waals surface area contributed by atoms with Crippen molar-refractivity contribution in [1.82, 2.24) is 10.2 Å². The Labute approximate surface area is 162 Å². The Morgan fingerprint density at radius 2 is 1.71 bits per heavy atom. The highest BCUT2D eigenvalue weighted by Gasteiger charge is 2.16. The summed E-state index contributed by atoms with van der Waals surface area (Å²) in [6.45, 7) is 0.970. The maximum atomic E-state index is 12.4. The summed E-state index contributed by atoms with van der Waals surface area (Å²) in [4.78, 5) is 12.4. The van der Waals surface area contributed by atoms with Gasteiger partial charge in [-0.25, -0.2) is 0 Å². The minimum Gasteiger partial charge on any atom is -0.454 e. The molecular weight excluding hydrogens is 356 g/mol.